The fourth-order valence-electron chi connectivity index (χ4n) is 1.24. The van der Waals surface area contributed by atoms with Gasteiger partial charge in [-0.05, 0) is 31.6 Å². The van der Waals surface area contributed by atoms with Crippen LogP contribution in [0.25, 0.3) is 0 Å². The van der Waals surface area contributed by atoms with Gasteiger partial charge in [-0.15, -0.1) is 0 Å². The maximum absolute atomic E-state index is 10.6. The van der Waals surface area contributed by atoms with Crippen molar-refractivity contribution in [2.45, 2.75) is 52.6 Å². The second kappa shape index (κ2) is 7.80. The van der Waals surface area contributed by atoms with Crippen molar-refractivity contribution in [1.82, 2.24) is 0 Å². The topological polar surface area (TPSA) is 52.3 Å². The standard InChI is InChI=1S/C7H13NO2.C4H10/c8-5-7(9)10-6-3-1-2-4-6;1-4(2)3/h6H,1-5,8H2;4H,1-3H3. The van der Waals surface area contributed by atoms with E-state index in [-0.39, 0.29) is 18.6 Å². The van der Waals surface area contributed by atoms with Crippen molar-refractivity contribution in [3.63, 3.8) is 0 Å². The zero-order valence-corrected chi connectivity index (χ0v) is 9.58. The third-order valence-corrected chi connectivity index (χ3v) is 1.77. The van der Waals surface area contributed by atoms with Crippen molar-refractivity contribution >= 4 is 5.97 Å². The number of carbonyl (C=O) groups excluding carboxylic acids is 1. The predicted octanol–water partition coefficient (Wildman–Crippen LogP) is 2.09. The molecule has 3 heteroatoms. The summed E-state index contributed by atoms with van der Waals surface area (Å²) in [5.74, 6) is 0.562. The Kier molecular flexibility index (Phi) is 7.48. The van der Waals surface area contributed by atoms with Crippen molar-refractivity contribution in [3.8, 4) is 0 Å². The lowest BCUT2D eigenvalue weighted by molar-refractivity contribution is -0.146. The predicted molar refractivity (Wildman–Crippen MR) is 57.9 cm³/mol. The minimum absolute atomic E-state index is 0.0104. The zero-order valence-electron chi connectivity index (χ0n) is 9.58. The van der Waals surface area contributed by atoms with E-state index >= 15 is 0 Å². The average molecular weight is 201 g/mol. The highest BCUT2D eigenvalue weighted by molar-refractivity contribution is 5.71. The van der Waals surface area contributed by atoms with E-state index in [1.165, 1.54) is 12.8 Å². The van der Waals surface area contributed by atoms with Crippen LogP contribution in [0.15, 0.2) is 0 Å². The molecule has 2 N–H and O–H groups in total. The van der Waals surface area contributed by atoms with E-state index in [0.29, 0.717) is 0 Å². The van der Waals surface area contributed by atoms with Gasteiger partial charge in [0, 0.05) is 0 Å². The molecule has 0 amide bonds. The van der Waals surface area contributed by atoms with Crippen LogP contribution in [0.5, 0.6) is 0 Å². The highest BCUT2D eigenvalue weighted by atomic mass is 16.5. The molecule has 84 valence electrons. The number of rotatable bonds is 2. The van der Waals surface area contributed by atoms with Crippen LogP contribution >= 0.6 is 0 Å². The fourth-order valence-corrected chi connectivity index (χ4v) is 1.24. The average Bonchev–Trinajstić information content (AvgIpc) is 2.55. The Hall–Kier alpha value is -0.570. The zero-order chi connectivity index (χ0) is 11.0. The van der Waals surface area contributed by atoms with Crippen LogP contribution < -0.4 is 5.73 Å². The Morgan fingerprint density at radius 3 is 2.14 bits per heavy atom. The molecule has 0 aromatic carbocycles. The normalized spacial score (nSPS) is 16.4. The Balaban J connectivity index is 0.000000364. The van der Waals surface area contributed by atoms with E-state index < -0.39 is 0 Å². The van der Waals surface area contributed by atoms with Crippen LogP contribution in [-0.4, -0.2) is 18.6 Å². The summed E-state index contributed by atoms with van der Waals surface area (Å²) in [6.07, 6.45) is 4.57. The molecule has 0 aromatic rings. The quantitative estimate of drug-likeness (QED) is 0.696. The van der Waals surface area contributed by atoms with Gasteiger partial charge in [-0.2, -0.15) is 0 Å². The van der Waals surface area contributed by atoms with Crippen LogP contribution in [0.3, 0.4) is 0 Å². The van der Waals surface area contributed by atoms with Crippen LogP contribution in [-0.2, 0) is 9.53 Å². The summed E-state index contributed by atoms with van der Waals surface area (Å²) in [6.45, 7) is 6.51. The molecule has 0 aromatic heterocycles. The monoisotopic (exact) mass is 201 g/mol. The molecule has 1 aliphatic carbocycles. The minimum Gasteiger partial charge on any atom is -0.461 e. The van der Waals surface area contributed by atoms with Crippen molar-refractivity contribution in [3.05, 3.63) is 0 Å². The van der Waals surface area contributed by atoms with Crippen LogP contribution in [0, 0.1) is 5.92 Å². The number of carbonyl (C=O) groups is 1. The highest BCUT2D eigenvalue weighted by Gasteiger charge is 2.17. The number of ether oxygens (including phenoxy) is 1. The molecular weight excluding hydrogens is 178 g/mol. The Morgan fingerprint density at radius 1 is 1.36 bits per heavy atom. The Morgan fingerprint density at radius 2 is 1.79 bits per heavy atom. The van der Waals surface area contributed by atoms with E-state index in [2.05, 4.69) is 20.8 Å². The Bertz CT molecular complexity index is 149. The van der Waals surface area contributed by atoms with Crippen LogP contribution in [0.2, 0.25) is 0 Å². The van der Waals surface area contributed by atoms with E-state index in [4.69, 9.17) is 10.5 Å². The van der Waals surface area contributed by atoms with Crippen molar-refractivity contribution < 1.29 is 9.53 Å². The van der Waals surface area contributed by atoms with Gasteiger partial charge in [0.25, 0.3) is 0 Å². The molecule has 14 heavy (non-hydrogen) atoms. The third-order valence-electron chi connectivity index (χ3n) is 1.77. The molecular formula is C11H23NO2. The lowest BCUT2D eigenvalue weighted by Crippen LogP contribution is -2.21. The lowest BCUT2D eigenvalue weighted by atomic mass is 10.3. The summed E-state index contributed by atoms with van der Waals surface area (Å²) in [5.41, 5.74) is 5.08. The largest absolute Gasteiger partial charge is 0.461 e. The molecule has 1 rings (SSSR count). The van der Waals surface area contributed by atoms with Crippen molar-refractivity contribution in [2.75, 3.05) is 6.54 Å². The highest BCUT2D eigenvalue weighted by Crippen LogP contribution is 2.20. The second-order valence-corrected chi connectivity index (χ2v) is 4.33. The van der Waals surface area contributed by atoms with Crippen molar-refractivity contribution in [2.24, 2.45) is 11.7 Å². The van der Waals surface area contributed by atoms with Gasteiger partial charge in [0.15, 0.2) is 0 Å². The van der Waals surface area contributed by atoms with Gasteiger partial charge in [0.05, 0.1) is 6.54 Å². The molecule has 1 aliphatic rings. The first-order valence-electron chi connectivity index (χ1n) is 5.45. The number of nitrogens with two attached hydrogens (primary N) is 1. The molecule has 0 atom stereocenters. The fraction of sp³-hybridized carbons (Fsp3) is 0.909. The number of esters is 1. The molecule has 0 saturated heterocycles. The van der Waals surface area contributed by atoms with E-state index in [1.54, 1.807) is 0 Å². The summed E-state index contributed by atoms with van der Waals surface area (Å²) < 4.78 is 5.00. The van der Waals surface area contributed by atoms with Gasteiger partial charge in [-0.25, -0.2) is 0 Å². The summed E-state index contributed by atoms with van der Waals surface area (Å²) in [5, 5.41) is 0. The molecule has 3 nitrogen and oxygen atoms in total. The molecule has 1 saturated carbocycles. The van der Waals surface area contributed by atoms with E-state index in [9.17, 15) is 4.79 Å². The lowest BCUT2D eigenvalue weighted by Gasteiger charge is -2.08. The third kappa shape index (κ3) is 8.05. The smallest absolute Gasteiger partial charge is 0.319 e. The molecule has 0 unspecified atom stereocenters. The molecule has 0 bridgehead atoms. The SMILES string of the molecule is CC(C)C.NCC(=O)OC1CCCC1. The van der Waals surface area contributed by atoms with Gasteiger partial charge < -0.3 is 10.5 Å². The number of hydrogen-bond acceptors (Lipinski definition) is 3. The van der Waals surface area contributed by atoms with E-state index in [1.807, 2.05) is 0 Å². The van der Waals surface area contributed by atoms with Gasteiger partial charge >= 0.3 is 5.97 Å². The van der Waals surface area contributed by atoms with E-state index in [0.717, 1.165) is 18.8 Å². The maximum Gasteiger partial charge on any atom is 0.319 e. The summed E-state index contributed by atoms with van der Waals surface area (Å²) in [6, 6.07) is 0. The number of hydrogen-bond donors (Lipinski definition) is 1. The van der Waals surface area contributed by atoms with Gasteiger partial charge in [0.2, 0.25) is 0 Å². The summed E-state index contributed by atoms with van der Waals surface area (Å²) in [7, 11) is 0. The van der Waals surface area contributed by atoms with Gasteiger partial charge in [-0.1, -0.05) is 20.8 Å². The minimum atomic E-state index is -0.271. The van der Waals surface area contributed by atoms with Gasteiger partial charge in [0.1, 0.15) is 6.10 Å². The molecule has 1 fully saturated rings. The first-order valence-corrected chi connectivity index (χ1v) is 5.45. The van der Waals surface area contributed by atoms with Crippen molar-refractivity contribution in [1.29, 1.82) is 0 Å². The molecule has 0 aliphatic heterocycles. The molecule has 0 heterocycles. The molecule has 0 spiro atoms. The van der Waals surface area contributed by atoms with Gasteiger partial charge in [-0.3, -0.25) is 4.79 Å². The van der Waals surface area contributed by atoms with Crippen LogP contribution in [0.1, 0.15) is 46.5 Å². The molecule has 0 radical (unpaired) electrons. The van der Waals surface area contributed by atoms with Crippen LogP contribution in [0.4, 0.5) is 0 Å². The maximum atomic E-state index is 10.6. The summed E-state index contributed by atoms with van der Waals surface area (Å²) in [4.78, 5) is 10.6. The first kappa shape index (κ1) is 13.4. The second-order valence-electron chi connectivity index (χ2n) is 4.33. The Labute approximate surface area is 87.0 Å². The summed E-state index contributed by atoms with van der Waals surface area (Å²) >= 11 is 0. The first-order chi connectivity index (χ1) is 6.56.